The fourth-order valence-corrected chi connectivity index (χ4v) is 4.61. The molecule has 3 rings (SSSR count). The normalized spacial score (nSPS) is 12.8. The summed E-state index contributed by atoms with van der Waals surface area (Å²) >= 11 is 0. The van der Waals surface area contributed by atoms with Crippen molar-refractivity contribution in [1.29, 1.82) is 0 Å². The molecule has 3 aromatic rings. The van der Waals surface area contributed by atoms with Crippen LogP contribution in [0.3, 0.4) is 0 Å². The van der Waals surface area contributed by atoms with Crippen LogP contribution in [0, 0.1) is 6.92 Å². The molecule has 1 unspecified atom stereocenters. The standard InChI is InChI=1S/C24H24F3NO5S/c1-15-5-11-19(12-6-15)34(29,30)28-23(16-7-9-17(10-8-16)24(25,26)27)22-20(32-3)13-18(31-2)14-21(22)33-4/h5-14,23,28H,1-4H3. The number of ether oxygens (including phenoxy) is 3. The Morgan fingerprint density at radius 2 is 1.35 bits per heavy atom. The van der Waals surface area contributed by atoms with Crippen LogP contribution in [0.25, 0.3) is 0 Å². The van der Waals surface area contributed by atoms with Gasteiger partial charge in [-0.3, -0.25) is 0 Å². The van der Waals surface area contributed by atoms with Gasteiger partial charge in [-0.15, -0.1) is 0 Å². The van der Waals surface area contributed by atoms with Crippen molar-refractivity contribution in [2.45, 2.75) is 24.0 Å². The van der Waals surface area contributed by atoms with Gasteiger partial charge in [0, 0.05) is 12.1 Å². The summed E-state index contributed by atoms with van der Waals surface area (Å²) in [4.78, 5) is 0.00135. The van der Waals surface area contributed by atoms with Crippen molar-refractivity contribution >= 4 is 10.0 Å². The number of halogens is 3. The summed E-state index contributed by atoms with van der Waals surface area (Å²) in [6.07, 6.45) is -4.54. The van der Waals surface area contributed by atoms with E-state index in [4.69, 9.17) is 14.2 Å². The van der Waals surface area contributed by atoms with E-state index in [1.165, 1.54) is 57.7 Å². The van der Waals surface area contributed by atoms with Crippen LogP contribution in [-0.2, 0) is 16.2 Å². The van der Waals surface area contributed by atoms with Crippen LogP contribution in [0.2, 0.25) is 0 Å². The van der Waals surface area contributed by atoms with Crippen LogP contribution < -0.4 is 18.9 Å². The third kappa shape index (κ3) is 5.45. The smallest absolute Gasteiger partial charge is 0.416 e. The average molecular weight is 496 g/mol. The molecule has 0 aliphatic rings. The van der Waals surface area contributed by atoms with Crippen molar-refractivity contribution in [2.24, 2.45) is 0 Å². The zero-order chi connectivity index (χ0) is 25.1. The van der Waals surface area contributed by atoms with Crippen LogP contribution in [0.15, 0.2) is 65.6 Å². The number of benzene rings is 3. The minimum absolute atomic E-state index is 0.00135. The number of nitrogens with one attached hydrogen (secondary N) is 1. The Morgan fingerprint density at radius 1 is 0.824 bits per heavy atom. The lowest BCUT2D eigenvalue weighted by Crippen LogP contribution is -2.30. The Balaban J connectivity index is 2.20. The maximum Gasteiger partial charge on any atom is 0.416 e. The van der Waals surface area contributed by atoms with E-state index in [0.717, 1.165) is 17.7 Å². The van der Waals surface area contributed by atoms with Crippen LogP contribution in [0.5, 0.6) is 17.2 Å². The quantitative estimate of drug-likeness (QED) is 0.470. The van der Waals surface area contributed by atoms with Crippen LogP contribution in [0.1, 0.15) is 28.3 Å². The van der Waals surface area contributed by atoms with Gasteiger partial charge in [0.05, 0.1) is 43.4 Å². The SMILES string of the molecule is COc1cc(OC)c(C(NS(=O)(=O)c2ccc(C)cc2)c2ccc(C(F)(F)F)cc2)c(OC)c1. The van der Waals surface area contributed by atoms with Crippen molar-refractivity contribution in [2.75, 3.05) is 21.3 Å². The molecule has 1 N–H and O–H groups in total. The second-order valence-corrected chi connectivity index (χ2v) is 9.15. The first kappa shape index (κ1) is 25.4. The highest BCUT2D eigenvalue weighted by molar-refractivity contribution is 7.89. The summed E-state index contributed by atoms with van der Waals surface area (Å²) in [5.74, 6) is 0.852. The fourth-order valence-electron chi connectivity index (χ4n) is 3.42. The van der Waals surface area contributed by atoms with E-state index < -0.39 is 27.8 Å². The summed E-state index contributed by atoms with van der Waals surface area (Å²) in [7, 11) is 0.124. The number of methoxy groups -OCH3 is 3. The number of aryl methyl sites for hydroxylation is 1. The van der Waals surface area contributed by atoms with Gasteiger partial charge in [0.1, 0.15) is 17.2 Å². The van der Waals surface area contributed by atoms with Gasteiger partial charge < -0.3 is 14.2 Å². The highest BCUT2D eigenvalue weighted by Gasteiger charge is 2.32. The molecule has 0 aromatic heterocycles. The zero-order valence-corrected chi connectivity index (χ0v) is 19.8. The van der Waals surface area contributed by atoms with Crippen molar-refractivity contribution < 1.29 is 35.8 Å². The Bertz CT molecular complexity index is 1220. The maximum absolute atomic E-state index is 13.3. The highest BCUT2D eigenvalue weighted by atomic mass is 32.2. The molecular weight excluding hydrogens is 471 g/mol. The molecule has 0 saturated carbocycles. The molecule has 0 bridgehead atoms. The molecule has 34 heavy (non-hydrogen) atoms. The van der Waals surface area contributed by atoms with Crippen molar-refractivity contribution in [1.82, 2.24) is 4.72 Å². The second-order valence-electron chi connectivity index (χ2n) is 7.43. The van der Waals surface area contributed by atoms with Gasteiger partial charge in [-0.1, -0.05) is 29.8 Å². The van der Waals surface area contributed by atoms with Gasteiger partial charge in [-0.05, 0) is 36.8 Å². The Morgan fingerprint density at radius 3 is 1.79 bits per heavy atom. The first-order chi connectivity index (χ1) is 16.0. The molecule has 10 heteroatoms. The summed E-state index contributed by atoms with van der Waals surface area (Å²) in [5.41, 5.74) is 0.550. The maximum atomic E-state index is 13.3. The topological polar surface area (TPSA) is 73.9 Å². The number of hydrogen-bond acceptors (Lipinski definition) is 5. The van der Waals surface area contributed by atoms with Gasteiger partial charge in [0.15, 0.2) is 0 Å². The molecule has 0 saturated heterocycles. The van der Waals surface area contributed by atoms with Gasteiger partial charge in [-0.2, -0.15) is 17.9 Å². The first-order valence-corrected chi connectivity index (χ1v) is 11.5. The molecule has 182 valence electrons. The molecule has 6 nitrogen and oxygen atoms in total. The largest absolute Gasteiger partial charge is 0.496 e. The molecule has 1 atom stereocenters. The molecule has 3 aromatic carbocycles. The van der Waals surface area contributed by atoms with E-state index in [1.807, 2.05) is 6.92 Å². The third-order valence-electron chi connectivity index (χ3n) is 5.22. The molecule has 0 amide bonds. The Kier molecular flexibility index (Phi) is 7.42. The minimum atomic E-state index is -4.54. The molecule has 0 radical (unpaired) electrons. The number of alkyl halides is 3. The highest BCUT2D eigenvalue weighted by Crippen LogP contribution is 2.42. The lowest BCUT2D eigenvalue weighted by atomic mass is 9.96. The third-order valence-corrected chi connectivity index (χ3v) is 6.66. The van der Waals surface area contributed by atoms with E-state index >= 15 is 0 Å². The lowest BCUT2D eigenvalue weighted by Gasteiger charge is -2.25. The zero-order valence-electron chi connectivity index (χ0n) is 18.9. The van der Waals surface area contributed by atoms with Gasteiger partial charge in [-0.25, -0.2) is 8.42 Å². The van der Waals surface area contributed by atoms with E-state index in [2.05, 4.69) is 4.72 Å². The van der Waals surface area contributed by atoms with Crippen molar-refractivity contribution in [3.8, 4) is 17.2 Å². The molecule has 0 fully saturated rings. The monoisotopic (exact) mass is 495 g/mol. The second kappa shape index (κ2) is 9.94. The molecule has 0 aliphatic heterocycles. The Hall–Kier alpha value is -3.24. The Labute approximate surface area is 196 Å². The van der Waals surface area contributed by atoms with Crippen LogP contribution >= 0.6 is 0 Å². The number of rotatable bonds is 8. The van der Waals surface area contributed by atoms with Crippen molar-refractivity contribution in [3.63, 3.8) is 0 Å². The number of sulfonamides is 1. The van der Waals surface area contributed by atoms with E-state index in [-0.39, 0.29) is 27.5 Å². The predicted octanol–water partition coefficient (Wildman–Crippen LogP) is 5.11. The van der Waals surface area contributed by atoms with Gasteiger partial charge in [0.25, 0.3) is 0 Å². The first-order valence-electron chi connectivity index (χ1n) is 10.1. The molecule has 0 spiro atoms. The fraction of sp³-hybridized carbons (Fsp3) is 0.250. The summed E-state index contributed by atoms with van der Waals surface area (Å²) in [6.45, 7) is 1.82. The van der Waals surface area contributed by atoms with Crippen molar-refractivity contribution in [3.05, 3.63) is 82.9 Å². The summed E-state index contributed by atoms with van der Waals surface area (Å²) < 4.78 is 84.7. The molecule has 0 heterocycles. The summed E-state index contributed by atoms with van der Waals surface area (Å²) in [5, 5.41) is 0. The van der Waals surface area contributed by atoms with Crippen LogP contribution in [0.4, 0.5) is 13.2 Å². The average Bonchev–Trinajstić information content (AvgIpc) is 2.81. The number of hydrogen-bond donors (Lipinski definition) is 1. The van der Waals surface area contributed by atoms with E-state index in [0.29, 0.717) is 5.75 Å². The molecular formula is C24H24F3NO5S. The minimum Gasteiger partial charge on any atom is -0.496 e. The van der Waals surface area contributed by atoms with Gasteiger partial charge >= 0.3 is 6.18 Å². The summed E-state index contributed by atoms with van der Waals surface area (Å²) in [6, 6.07) is 12.4. The van der Waals surface area contributed by atoms with E-state index in [1.54, 1.807) is 12.1 Å². The van der Waals surface area contributed by atoms with Gasteiger partial charge in [0.2, 0.25) is 10.0 Å². The molecule has 0 aliphatic carbocycles. The van der Waals surface area contributed by atoms with Crippen LogP contribution in [-0.4, -0.2) is 29.7 Å². The predicted molar refractivity (Wildman–Crippen MR) is 121 cm³/mol. The lowest BCUT2D eigenvalue weighted by molar-refractivity contribution is -0.137. The van der Waals surface area contributed by atoms with E-state index in [9.17, 15) is 21.6 Å².